The fourth-order valence-corrected chi connectivity index (χ4v) is 3.16. The first-order valence-corrected chi connectivity index (χ1v) is 7.93. The number of Topliss-reactive ketones (excluding diaryl/α,β-unsaturated/α-hetero) is 2. The number of hydrogen-bond acceptors (Lipinski definition) is 3. The molecule has 2 fully saturated rings. The highest BCUT2D eigenvalue weighted by Gasteiger charge is 2.23. The topological polar surface area (TPSA) is 43.4 Å². The molecule has 2 aliphatic rings. The van der Waals surface area contributed by atoms with Gasteiger partial charge in [-0.25, -0.2) is 0 Å². The largest absolute Gasteiger partial charge is 0.374 e. The van der Waals surface area contributed by atoms with Gasteiger partial charge < -0.3 is 4.74 Å². The Labute approximate surface area is 116 Å². The molecule has 2 unspecified atom stereocenters. The predicted molar refractivity (Wildman–Crippen MR) is 74.1 cm³/mol. The van der Waals surface area contributed by atoms with E-state index in [1.807, 2.05) is 0 Å². The highest BCUT2D eigenvalue weighted by molar-refractivity contribution is 5.79. The van der Waals surface area contributed by atoms with Gasteiger partial charge >= 0.3 is 0 Å². The van der Waals surface area contributed by atoms with Crippen LogP contribution in [-0.4, -0.2) is 23.8 Å². The van der Waals surface area contributed by atoms with E-state index in [9.17, 15) is 9.59 Å². The van der Waals surface area contributed by atoms with Gasteiger partial charge in [-0.15, -0.1) is 0 Å². The number of ether oxygens (including phenoxy) is 1. The molecule has 0 spiro atoms. The normalized spacial score (nSPS) is 31.2. The summed E-state index contributed by atoms with van der Waals surface area (Å²) in [6.45, 7) is 0. The van der Waals surface area contributed by atoms with Crippen LogP contribution in [0, 0.1) is 0 Å². The smallest absolute Gasteiger partial charge is 0.135 e. The molecule has 108 valence electrons. The van der Waals surface area contributed by atoms with Gasteiger partial charge in [0.2, 0.25) is 0 Å². The van der Waals surface area contributed by atoms with Crippen LogP contribution < -0.4 is 0 Å². The molecule has 0 saturated heterocycles. The van der Waals surface area contributed by atoms with E-state index in [4.69, 9.17) is 4.74 Å². The number of rotatable bonds is 2. The average Bonchev–Trinajstić information content (AvgIpc) is 2.32. The summed E-state index contributed by atoms with van der Waals surface area (Å²) < 4.78 is 6.10. The van der Waals surface area contributed by atoms with Crippen LogP contribution in [-0.2, 0) is 14.3 Å². The molecule has 0 aromatic heterocycles. The van der Waals surface area contributed by atoms with Gasteiger partial charge in [-0.05, 0) is 25.7 Å². The second-order valence-electron chi connectivity index (χ2n) is 6.06. The van der Waals surface area contributed by atoms with Crippen molar-refractivity contribution in [2.75, 3.05) is 0 Å². The maximum atomic E-state index is 11.7. The van der Waals surface area contributed by atoms with Crippen LogP contribution in [0.5, 0.6) is 0 Å². The van der Waals surface area contributed by atoms with Gasteiger partial charge in [0.1, 0.15) is 11.6 Å². The Bertz CT molecular complexity index is 281. The Kier molecular flexibility index (Phi) is 6.02. The third kappa shape index (κ3) is 5.43. The van der Waals surface area contributed by atoms with E-state index in [2.05, 4.69) is 0 Å². The van der Waals surface area contributed by atoms with E-state index in [1.54, 1.807) is 0 Å². The minimum Gasteiger partial charge on any atom is -0.374 e. The minimum atomic E-state index is 0.0602. The van der Waals surface area contributed by atoms with Crippen LogP contribution in [0.15, 0.2) is 0 Å². The Morgan fingerprint density at radius 3 is 1.63 bits per heavy atom. The Hall–Kier alpha value is -0.700. The summed E-state index contributed by atoms with van der Waals surface area (Å²) in [5, 5.41) is 0. The fraction of sp³-hybridized carbons (Fsp3) is 0.875. The highest BCUT2D eigenvalue weighted by Crippen LogP contribution is 2.23. The van der Waals surface area contributed by atoms with Crippen LogP contribution in [0.2, 0.25) is 0 Å². The first-order valence-electron chi connectivity index (χ1n) is 7.93. The van der Waals surface area contributed by atoms with Gasteiger partial charge in [-0.3, -0.25) is 9.59 Å². The van der Waals surface area contributed by atoms with Crippen molar-refractivity contribution in [1.29, 1.82) is 0 Å². The second-order valence-corrected chi connectivity index (χ2v) is 6.06. The highest BCUT2D eigenvalue weighted by atomic mass is 16.5. The molecular weight excluding hydrogens is 240 g/mol. The average molecular weight is 266 g/mol. The lowest BCUT2D eigenvalue weighted by atomic mass is 9.95. The molecule has 2 rings (SSSR count). The van der Waals surface area contributed by atoms with Gasteiger partial charge in [-0.2, -0.15) is 0 Å². The van der Waals surface area contributed by atoms with Crippen LogP contribution >= 0.6 is 0 Å². The zero-order chi connectivity index (χ0) is 13.5. The molecule has 0 aliphatic heterocycles. The molecule has 3 heteroatoms. The van der Waals surface area contributed by atoms with E-state index in [0.29, 0.717) is 37.2 Å². The maximum absolute atomic E-state index is 11.7. The summed E-state index contributed by atoms with van der Waals surface area (Å²) in [5.41, 5.74) is 0. The summed E-state index contributed by atoms with van der Waals surface area (Å²) in [5.74, 6) is 0.670. The lowest BCUT2D eigenvalue weighted by Crippen LogP contribution is -2.28. The monoisotopic (exact) mass is 266 g/mol. The molecule has 3 nitrogen and oxygen atoms in total. The quantitative estimate of drug-likeness (QED) is 0.767. The Morgan fingerprint density at radius 1 is 0.684 bits per heavy atom. The van der Waals surface area contributed by atoms with Crippen molar-refractivity contribution in [2.24, 2.45) is 0 Å². The van der Waals surface area contributed by atoms with Crippen molar-refractivity contribution in [3.05, 3.63) is 0 Å². The lowest BCUT2D eigenvalue weighted by molar-refractivity contribution is -0.128. The molecular formula is C16H26O3. The van der Waals surface area contributed by atoms with Gasteiger partial charge in [-0.1, -0.05) is 25.7 Å². The zero-order valence-corrected chi connectivity index (χ0v) is 11.9. The number of carbonyl (C=O) groups excluding carboxylic acids is 2. The zero-order valence-electron chi connectivity index (χ0n) is 11.9. The van der Waals surface area contributed by atoms with Crippen LogP contribution in [0.4, 0.5) is 0 Å². The molecule has 0 amide bonds. The second kappa shape index (κ2) is 7.78. The molecule has 0 aromatic rings. The molecule has 2 aliphatic carbocycles. The van der Waals surface area contributed by atoms with E-state index < -0.39 is 0 Å². The van der Waals surface area contributed by atoms with Crippen molar-refractivity contribution in [3.63, 3.8) is 0 Å². The van der Waals surface area contributed by atoms with Crippen LogP contribution in [0.1, 0.15) is 77.0 Å². The van der Waals surface area contributed by atoms with Gasteiger partial charge in [0.05, 0.1) is 12.2 Å². The molecule has 2 atom stereocenters. The first-order chi connectivity index (χ1) is 9.24. The molecule has 0 radical (unpaired) electrons. The molecule has 0 bridgehead atoms. The van der Waals surface area contributed by atoms with Crippen molar-refractivity contribution in [1.82, 2.24) is 0 Å². The van der Waals surface area contributed by atoms with Crippen LogP contribution in [0.25, 0.3) is 0 Å². The van der Waals surface area contributed by atoms with Gasteiger partial charge in [0, 0.05) is 25.7 Å². The predicted octanol–water partition coefficient (Wildman–Crippen LogP) is 3.59. The molecule has 2 saturated carbocycles. The molecule has 0 N–H and O–H groups in total. The fourth-order valence-electron chi connectivity index (χ4n) is 3.16. The SMILES string of the molecule is O=C1CCCCCC(OC2CCCCCC(=O)C2)C1. The third-order valence-electron chi connectivity index (χ3n) is 4.26. The Balaban J connectivity index is 1.85. The minimum absolute atomic E-state index is 0.0602. The Morgan fingerprint density at radius 2 is 1.16 bits per heavy atom. The van der Waals surface area contributed by atoms with Gasteiger partial charge in [0.25, 0.3) is 0 Å². The van der Waals surface area contributed by atoms with E-state index in [1.165, 1.54) is 0 Å². The van der Waals surface area contributed by atoms with E-state index in [0.717, 1.165) is 51.4 Å². The molecule has 19 heavy (non-hydrogen) atoms. The maximum Gasteiger partial charge on any atom is 0.135 e. The summed E-state index contributed by atoms with van der Waals surface area (Å²) in [6.07, 6.45) is 11.3. The van der Waals surface area contributed by atoms with Crippen molar-refractivity contribution < 1.29 is 14.3 Å². The van der Waals surface area contributed by atoms with Crippen molar-refractivity contribution >= 4 is 11.6 Å². The van der Waals surface area contributed by atoms with Crippen molar-refractivity contribution in [2.45, 2.75) is 89.3 Å². The molecule has 0 heterocycles. The number of ketones is 2. The van der Waals surface area contributed by atoms with Crippen LogP contribution in [0.3, 0.4) is 0 Å². The van der Waals surface area contributed by atoms with E-state index in [-0.39, 0.29) is 12.2 Å². The number of hydrogen-bond donors (Lipinski definition) is 0. The number of carbonyl (C=O) groups is 2. The summed E-state index contributed by atoms with van der Waals surface area (Å²) in [4.78, 5) is 23.5. The first kappa shape index (κ1) is 14.7. The summed E-state index contributed by atoms with van der Waals surface area (Å²) >= 11 is 0. The van der Waals surface area contributed by atoms with Crippen molar-refractivity contribution in [3.8, 4) is 0 Å². The standard InChI is InChI=1S/C16H26O3/c17-13-7-3-1-5-9-15(11-13)19-16-10-6-2-4-8-14(18)12-16/h15-16H,1-12H2. The lowest BCUT2D eigenvalue weighted by Gasteiger charge is -2.26. The summed E-state index contributed by atoms with van der Waals surface area (Å²) in [7, 11) is 0. The summed E-state index contributed by atoms with van der Waals surface area (Å²) in [6, 6.07) is 0. The molecule has 0 aromatic carbocycles. The van der Waals surface area contributed by atoms with Gasteiger partial charge in [0.15, 0.2) is 0 Å². The van der Waals surface area contributed by atoms with E-state index >= 15 is 0 Å². The third-order valence-corrected chi connectivity index (χ3v) is 4.26.